The quantitative estimate of drug-likeness (QED) is 0.732. The Hall–Kier alpha value is -0.540. The maximum atomic E-state index is 11.0. The average Bonchev–Trinajstić information content (AvgIpc) is 2.83. The van der Waals surface area contributed by atoms with Gasteiger partial charge in [-0.15, -0.1) is 0 Å². The second-order valence-corrected chi connectivity index (χ2v) is 6.61. The Bertz CT molecular complexity index is 436. The van der Waals surface area contributed by atoms with Gasteiger partial charge in [0.2, 0.25) is 9.05 Å². The van der Waals surface area contributed by atoms with Crippen LogP contribution in [0, 0.1) is 6.92 Å². The van der Waals surface area contributed by atoms with Crippen LogP contribution >= 0.6 is 10.7 Å². The van der Waals surface area contributed by atoms with Gasteiger partial charge in [0.15, 0.2) is 0 Å². The Labute approximate surface area is 88.3 Å². The molecule has 1 fully saturated rings. The number of benzene rings is 1. The van der Waals surface area contributed by atoms with E-state index in [9.17, 15) is 8.42 Å². The maximum Gasteiger partial charge on any atom is 0.236 e. The summed E-state index contributed by atoms with van der Waals surface area (Å²) in [5.41, 5.74) is 2.25. The molecule has 2 rings (SSSR count). The van der Waals surface area contributed by atoms with Crippen LogP contribution in [0.4, 0.5) is 0 Å². The average molecular weight is 231 g/mol. The third kappa shape index (κ3) is 1.93. The molecular weight excluding hydrogens is 220 g/mol. The lowest BCUT2D eigenvalue weighted by Crippen LogP contribution is -1.99. The van der Waals surface area contributed by atoms with Crippen molar-refractivity contribution in [2.45, 2.75) is 24.5 Å². The van der Waals surface area contributed by atoms with Gasteiger partial charge in [-0.2, -0.15) is 0 Å². The highest BCUT2D eigenvalue weighted by atomic mass is 35.7. The summed E-state index contributed by atoms with van der Waals surface area (Å²) in [5.74, 6) is 0.109. The Kier molecular flexibility index (Phi) is 2.32. The highest BCUT2D eigenvalue weighted by Gasteiger charge is 2.47. The van der Waals surface area contributed by atoms with Crippen LogP contribution < -0.4 is 0 Å². The Morgan fingerprint density at radius 3 is 2.29 bits per heavy atom. The third-order valence-corrected chi connectivity index (χ3v) is 4.53. The van der Waals surface area contributed by atoms with Crippen LogP contribution in [0.25, 0.3) is 0 Å². The van der Waals surface area contributed by atoms with Crippen molar-refractivity contribution in [3.05, 3.63) is 35.4 Å². The fourth-order valence-corrected chi connectivity index (χ4v) is 3.22. The predicted molar refractivity (Wildman–Crippen MR) is 57.1 cm³/mol. The molecule has 0 aliphatic heterocycles. The highest BCUT2D eigenvalue weighted by molar-refractivity contribution is 8.14. The topological polar surface area (TPSA) is 34.1 Å². The van der Waals surface area contributed by atoms with Gasteiger partial charge in [-0.25, -0.2) is 8.42 Å². The number of rotatable bonds is 2. The molecule has 4 heteroatoms. The lowest BCUT2D eigenvalue weighted by molar-refractivity contribution is 0.607. The summed E-state index contributed by atoms with van der Waals surface area (Å²) in [6, 6.07) is 7.93. The van der Waals surface area contributed by atoms with Gasteiger partial charge >= 0.3 is 0 Å². The minimum atomic E-state index is -3.36. The standard InChI is InChI=1S/C10H11ClO2S/c1-7-2-4-8(5-3-7)9-6-10(9)14(11,12)13/h2-5,9-10H,6H2,1H3/t9-,10+/m0/s1. The zero-order chi connectivity index (χ0) is 10.3. The maximum absolute atomic E-state index is 11.0. The summed E-state index contributed by atoms with van der Waals surface area (Å²) in [6.45, 7) is 2.01. The molecule has 0 amide bonds. The van der Waals surface area contributed by atoms with E-state index in [4.69, 9.17) is 10.7 Å². The second-order valence-electron chi connectivity index (χ2n) is 3.77. The smallest absolute Gasteiger partial charge is 0.212 e. The minimum Gasteiger partial charge on any atom is -0.212 e. The van der Waals surface area contributed by atoms with Gasteiger partial charge in [0.05, 0.1) is 5.25 Å². The Morgan fingerprint density at radius 1 is 1.29 bits per heavy atom. The Balaban J connectivity index is 2.18. The van der Waals surface area contributed by atoms with Gasteiger partial charge < -0.3 is 0 Å². The number of aryl methyl sites for hydroxylation is 1. The molecule has 0 saturated heterocycles. The van der Waals surface area contributed by atoms with Crippen molar-refractivity contribution in [1.82, 2.24) is 0 Å². The zero-order valence-electron chi connectivity index (χ0n) is 7.77. The van der Waals surface area contributed by atoms with Crippen molar-refractivity contribution in [2.24, 2.45) is 0 Å². The molecule has 0 aromatic heterocycles. The third-order valence-electron chi connectivity index (χ3n) is 2.60. The van der Waals surface area contributed by atoms with Crippen LogP contribution in [0.5, 0.6) is 0 Å². The molecule has 1 aromatic rings. The molecule has 2 atom stereocenters. The molecular formula is C10H11ClO2S. The highest BCUT2D eigenvalue weighted by Crippen LogP contribution is 2.47. The summed E-state index contributed by atoms with van der Waals surface area (Å²) in [7, 11) is 1.91. The Morgan fingerprint density at radius 2 is 1.86 bits per heavy atom. The summed E-state index contributed by atoms with van der Waals surface area (Å²) in [4.78, 5) is 0. The van der Waals surface area contributed by atoms with Crippen LogP contribution in [0.2, 0.25) is 0 Å². The summed E-state index contributed by atoms with van der Waals surface area (Å²) < 4.78 is 22.0. The molecule has 0 heterocycles. The molecule has 0 bridgehead atoms. The first kappa shape index (κ1) is 9.99. The minimum absolute atomic E-state index is 0.109. The summed E-state index contributed by atoms with van der Waals surface area (Å²) >= 11 is 0. The van der Waals surface area contributed by atoms with E-state index in [0.29, 0.717) is 6.42 Å². The summed E-state index contributed by atoms with van der Waals surface area (Å²) in [6.07, 6.45) is 0.662. The van der Waals surface area contributed by atoms with Crippen molar-refractivity contribution in [2.75, 3.05) is 0 Å². The molecule has 1 saturated carbocycles. The molecule has 2 nitrogen and oxygen atoms in total. The van der Waals surface area contributed by atoms with E-state index in [1.54, 1.807) is 0 Å². The fourth-order valence-electron chi connectivity index (χ4n) is 1.65. The van der Waals surface area contributed by atoms with Crippen LogP contribution in [-0.4, -0.2) is 13.7 Å². The number of hydrogen-bond donors (Lipinski definition) is 0. The van der Waals surface area contributed by atoms with Crippen LogP contribution in [0.15, 0.2) is 24.3 Å². The molecule has 1 aliphatic rings. The van der Waals surface area contributed by atoms with Crippen molar-refractivity contribution >= 4 is 19.7 Å². The van der Waals surface area contributed by atoms with E-state index >= 15 is 0 Å². The molecule has 76 valence electrons. The van der Waals surface area contributed by atoms with Crippen LogP contribution in [0.1, 0.15) is 23.5 Å². The van der Waals surface area contributed by atoms with E-state index in [1.165, 1.54) is 5.56 Å². The monoisotopic (exact) mass is 230 g/mol. The fraction of sp³-hybridized carbons (Fsp3) is 0.400. The molecule has 0 radical (unpaired) electrons. The lowest BCUT2D eigenvalue weighted by Gasteiger charge is -1.99. The van der Waals surface area contributed by atoms with Gasteiger partial charge in [-0.1, -0.05) is 29.8 Å². The van der Waals surface area contributed by atoms with Gasteiger partial charge in [0, 0.05) is 16.6 Å². The zero-order valence-corrected chi connectivity index (χ0v) is 9.35. The largest absolute Gasteiger partial charge is 0.236 e. The van der Waals surface area contributed by atoms with Gasteiger partial charge in [0.25, 0.3) is 0 Å². The van der Waals surface area contributed by atoms with Crippen LogP contribution in [-0.2, 0) is 9.05 Å². The first-order valence-electron chi connectivity index (χ1n) is 4.48. The predicted octanol–water partition coefficient (Wildman–Crippen LogP) is 2.42. The van der Waals surface area contributed by atoms with Crippen molar-refractivity contribution in [1.29, 1.82) is 0 Å². The normalized spacial score (nSPS) is 26.1. The van der Waals surface area contributed by atoms with Gasteiger partial charge in [-0.3, -0.25) is 0 Å². The van der Waals surface area contributed by atoms with E-state index < -0.39 is 9.05 Å². The van der Waals surface area contributed by atoms with E-state index in [2.05, 4.69) is 0 Å². The molecule has 0 N–H and O–H groups in total. The SMILES string of the molecule is Cc1ccc([C@@H]2C[C@H]2S(=O)(=O)Cl)cc1. The summed E-state index contributed by atoms with van der Waals surface area (Å²) in [5, 5.41) is -0.369. The lowest BCUT2D eigenvalue weighted by atomic mass is 10.1. The number of halogens is 1. The van der Waals surface area contributed by atoms with E-state index in [-0.39, 0.29) is 11.2 Å². The van der Waals surface area contributed by atoms with Gasteiger partial charge in [0.1, 0.15) is 0 Å². The van der Waals surface area contributed by atoms with Crippen molar-refractivity contribution < 1.29 is 8.42 Å². The molecule has 0 spiro atoms. The first-order chi connectivity index (χ1) is 6.48. The van der Waals surface area contributed by atoms with E-state index in [0.717, 1.165) is 5.56 Å². The van der Waals surface area contributed by atoms with Crippen LogP contribution in [0.3, 0.4) is 0 Å². The second kappa shape index (κ2) is 3.24. The van der Waals surface area contributed by atoms with Gasteiger partial charge in [-0.05, 0) is 18.9 Å². The number of hydrogen-bond acceptors (Lipinski definition) is 2. The van der Waals surface area contributed by atoms with Crippen molar-refractivity contribution in [3.8, 4) is 0 Å². The molecule has 14 heavy (non-hydrogen) atoms. The molecule has 1 aromatic carbocycles. The molecule has 1 aliphatic carbocycles. The van der Waals surface area contributed by atoms with E-state index in [1.807, 2.05) is 31.2 Å². The first-order valence-corrected chi connectivity index (χ1v) is 6.86. The van der Waals surface area contributed by atoms with Crippen molar-refractivity contribution in [3.63, 3.8) is 0 Å². The molecule has 0 unspecified atom stereocenters.